The van der Waals surface area contributed by atoms with Crippen LogP contribution in [-0.2, 0) is 9.59 Å². The molecule has 18 heavy (non-hydrogen) atoms. The zero-order chi connectivity index (χ0) is 14.7. The molecule has 10 heteroatoms. The van der Waals surface area contributed by atoms with Gasteiger partial charge < -0.3 is 15.7 Å². The first-order valence-corrected chi connectivity index (χ1v) is 4.59. The lowest BCUT2D eigenvalue weighted by Gasteiger charge is -2.39. The maximum Gasteiger partial charge on any atom is 0.490 e. The van der Waals surface area contributed by atoms with Crippen molar-refractivity contribution in [1.29, 1.82) is 0 Å². The molecule has 3 N–H and O–H groups in total. The Bertz CT molecular complexity index is 321. The number of halogens is 5. The SMILES string of the molecule is CC(N)C(=O)N1CC(F)(F)C1.O=C(O)C(F)(F)F. The van der Waals surface area contributed by atoms with E-state index in [0.717, 1.165) is 4.90 Å². The highest BCUT2D eigenvalue weighted by atomic mass is 19.4. The second-order valence-corrected chi connectivity index (χ2v) is 3.64. The summed E-state index contributed by atoms with van der Waals surface area (Å²) < 4.78 is 56.1. The summed E-state index contributed by atoms with van der Waals surface area (Å²) in [5.74, 6) is -5.85. The summed E-state index contributed by atoms with van der Waals surface area (Å²) in [5, 5.41) is 7.12. The van der Waals surface area contributed by atoms with Crippen molar-refractivity contribution < 1.29 is 36.6 Å². The van der Waals surface area contributed by atoms with Crippen LogP contribution in [0.2, 0.25) is 0 Å². The predicted molar refractivity (Wildman–Crippen MR) is 48.9 cm³/mol. The van der Waals surface area contributed by atoms with Gasteiger partial charge in [0.25, 0.3) is 5.92 Å². The Morgan fingerprint density at radius 2 is 1.67 bits per heavy atom. The maximum absolute atomic E-state index is 12.2. The molecule has 1 heterocycles. The Hall–Kier alpha value is -1.45. The largest absolute Gasteiger partial charge is 0.490 e. The summed E-state index contributed by atoms with van der Waals surface area (Å²) >= 11 is 0. The average molecular weight is 278 g/mol. The van der Waals surface area contributed by atoms with E-state index in [-0.39, 0.29) is 0 Å². The van der Waals surface area contributed by atoms with E-state index >= 15 is 0 Å². The number of nitrogens with two attached hydrogens (primary N) is 1. The van der Waals surface area contributed by atoms with Crippen molar-refractivity contribution >= 4 is 11.9 Å². The van der Waals surface area contributed by atoms with Gasteiger partial charge in [-0.1, -0.05) is 0 Å². The van der Waals surface area contributed by atoms with Gasteiger partial charge in [-0.25, -0.2) is 13.6 Å². The van der Waals surface area contributed by atoms with Gasteiger partial charge in [0.15, 0.2) is 0 Å². The van der Waals surface area contributed by atoms with Crippen LogP contribution < -0.4 is 5.73 Å². The summed E-state index contributed by atoms with van der Waals surface area (Å²) in [6.45, 7) is 0.527. The van der Waals surface area contributed by atoms with Gasteiger partial charge in [0.2, 0.25) is 5.91 Å². The Morgan fingerprint density at radius 1 is 1.33 bits per heavy atom. The Morgan fingerprint density at radius 3 is 1.83 bits per heavy atom. The molecule has 1 aliphatic rings. The van der Waals surface area contributed by atoms with E-state index in [2.05, 4.69) is 0 Å². The molecule has 0 radical (unpaired) electrons. The summed E-state index contributed by atoms with van der Waals surface area (Å²) in [5.41, 5.74) is 5.20. The molecule has 1 aliphatic heterocycles. The van der Waals surface area contributed by atoms with Crippen LogP contribution in [0.1, 0.15) is 6.92 Å². The minimum Gasteiger partial charge on any atom is -0.475 e. The molecule has 0 aromatic carbocycles. The smallest absolute Gasteiger partial charge is 0.475 e. The number of carboxylic acid groups (broad SMARTS) is 1. The minimum absolute atomic E-state index is 0.407. The minimum atomic E-state index is -5.08. The van der Waals surface area contributed by atoms with Crippen LogP contribution in [0.4, 0.5) is 22.0 Å². The first-order chi connectivity index (χ1) is 7.87. The summed E-state index contributed by atoms with van der Waals surface area (Å²) in [7, 11) is 0. The van der Waals surface area contributed by atoms with Crippen LogP contribution in [-0.4, -0.2) is 53.1 Å². The molecular weight excluding hydrogens is 267 g/mol. The normalized spacial score (nSPS) is 19.2. The number of hydrogen-bond donors (Lipinski definition) is 2. The van der Waals surface area contributed by atoms with Gasteiger partial charge >= 0.3 is 12.1 Å². The van der Waals surface area contributed by atoms with Crippen LogP contribution in [0.3, 0.4) is 0 Å². The van der Waals surface area contributed by atoms with Crippen LogP contribution in [0.15, 0.2) is 0 Å². The fraction of sp³-hybridized carbons (Fsp3) is 0.750. The molecule has 0 spiro atoms. The molecule has 106 valence electrons. The van der Waals surface area contributed by atoms with E-state index in [0.29, 0.717) is 0 Å². The molecule has 0 aromatic rings. The molecule has 1 unspecified atom stereocenters. The fourth-order valence-corrected chi connectivity index (χ4v) is 0.956. The predicted octanol–water partition coefficient (Wildman–Crippen LogP) is 0.444. The van der Waals surface area contributed by atoms with E-state index < -0.39 is 43.1 Å². The molecule has 1 atom stereocenters. The van der Waals surface area contributed by atoms with Crippen LogP contribution in [0.5, 0.6) is 0 Å². The van der Waals surface area contributed by atoms with Crippen molar-refractivity contribution in [3.05, 3.63) is 0 Å². The Balaban J connectivity index is 0.000000360. The lowest BCUT2D eigenvalue weighted by atomic mass is 10.1. The van der Waals surface area contributed by atoms with E-state index in [1.807, 2.05) is 0 Å². The molecular formula is C8H11F5N2O3. The highest BCUT2D eigenvalue weighted by Gasteiger charge is 2.46. The summed E-state index contributed by atoms with van der Waals surface area (Å²) in [6.07, 6.45) is -5.08. The molecule has 0 aliphatic carbocycles. The number of rotatable bonds is 1. The topological polar surface area (TPSA) is 83.6 Å². The zero-order valence-corrected chi connectivity index (χ0v) is 9.17. The van der Waals surface area contributed by atoms with Crippen LogP contribution in [0.25, 0.3) is 0 Å². The Kier molecular flexibility index (Phi) is 5.02. The number of likely N-dealkylation sites (tertiary alicyclic amines) is 1. The number of hydrogen-bond acceptors (Lipinski definition) is 3. The second kappa shape index (κ2) is 5.46. The van der Waals surface area contributed by atoms with Gasteiger partial charge in [0.1, 0.15) is 0 Å². The van der Waals surface area contributed by atoms with E-state index in [9.17, 15) is 26.7 Å². The van der Waals surface area contributed by atoms with E-state index in [4.69, 9.17) is 15.6 Å². The molecule has 1 saturated heterocycles. The first-order valence-electron chi connectivity index (χ1n) is 4.59. The van der Waals surface area contributed by atoms with Gasteiger partial charge in [0, 0.05) is 0 Å². The van der Waals surface area contributed by atoms with Gasteiger partial charge in [-0.05, 0) is 6.92 Å². The number of amides is 1. The lowest BCUT2D eigenvalue weighted by molar-refractivity contribution is -0.192. The van der Waals surface area contributed by atoms with Crippen molar-refractivity contribution in [1.82, 2.24) is 4.90 Å². The van der Waals surface area contributed by atoms with Gasteiger partial charge in [-0.15, -0.1) is 0 Å². The third-order valence-corrected chi connectivity index (χ3v) is 1.79. The van der Waals surface area contributed by atoms with Gasteiger partial charge in [0.05, 0.1) is 19.1 Å². The number of alkyl halides is 5. The molecule has 1 amide bonds. The number of nitrogens with zero attached hydrogens (tertiary/aromatic N) is 1. The van der Waals surface area contributed by atoms with Gasteiger partial charge in [-0.3, -0.25) is 4.79 Å². The van der Waals surface area contributed by atoms with Crippen molar-refractivity contribution in [2.75, 3.05) is 13.1 Å². The lowest BCUT2D eigenvalue weighted by Crippen LogP contribution is -2.61. The highest BCUT2D eigenvalue weighted by molar-refractivity contribution is 5.82. The third kappa shape index (κ3) is 5.25. The molecule has 0 aromatic heterocycles. The zero-order valence-electron chi connectivity index (χ0n) is 9.17. The van der Waals surface area contributed by atoms with Crippen LogP contribution in [0, 0.1) is 0 Å². The molecule has 0 bridgehead atoms. The van der Waals surface area contributed by atoms with Gasteiger partial charge in [-0.2, -0.15) is 13.2 Å². The number of aliphatic carboxylic acids is 1. The summed E-state index contributed by atoms with van der Waals surface area (Å²) in [4.78, 5) is 20.8. The maximum atomic E-state index is 12.2. The standard InChI is InChI=1S/C6H10F2N2O.C2HF3O2/c1-4(9)5(11)10-2-6(7,8)3-10;3-2(4,5)1(6)7/h4H,2-3,9H2,1H3;(H,6,7). The number of carboxylic acids is 1. The monoisotopic (exact) mass is 278 g/mol. The quantitative estimate of drug-likeness (QED) is 0.682. The molecule has 1 fully saturated rings. The molecule has 5 nitrogen and oxygen atoms in total. The average Bonchev–Trinajstić information content (AvgIpc) is 2.12. The number of carbonyl (C=O) groups is 2. The third-order valence-electron chi connectivity index (χ3n) is 1.79. The molecule has 0 saturated carbocycles. The van der Waals surface area contributed by atoms with E-state index in [1.54, 1.807) is 0 Å². The first kappa shape index (κ1) is 16.6. The van der Waals surface area contributed by atoms with Crippen molar-refractivity contribution in [2.24, 2.45) is 5.73 Å². The van der Waals surface area contributed by atoms with Crippen LogP contribution >= 0.6 is 0 Å². The van der Waals surface area contributed by atoms with E-state index in [1.165, 1.54) is 6.92 Å². The second-order valence-electron chi connectivity index (χ2n) is 3.64. The van der Waals surface area contributed by atoms with Crippen molar-refractivity contribution in [3.8, 4) is 0 Å². The highest BCUT2D eigenvalue weighted by Crippen LogP contribution is 2.26. The Labute approximate surface area is 98.3 Å². The molecule has 1 rings (SSSR count). The fourth-order valence-electron chi connectivity index (χ4n) is 0.956. The number of carbonyl (C=O) groups excluding carboxylic acids is 1. The summed E-state index contributed by atoms with van der Waals surface area (Å²) in [6, 6.07) is -0.675. The van der Waals surface area contributed by atoms with Crippen molar-refractivity contribution in [3.63, 3.8) is 0 Å². The van der Waals surface area contributed by atoms with Crippen molar-refractivity contribution in [2.45, 2.75) is 25.1 Å².